The quantitative estimate of drug-likeness (QED) is 0.293. The van der Waals surface area contributed by atoms with E-state index in [4.69, 9.17) is 0 Å². The first-order chi connectivity index (χ1) is 14.7. The van der Waals surface area contributed by atoms with Gasteiger partial charge in [-0.1, -0.05) is 88.4 Å². The molecule has 0 atom stereocenters. The monoisotopic (exact) mass is 403 g/mol. The Morgan fingerprint density at radius 1 is 0.667 bits per heavy atom. The van der Waals surface area contributed by atoms with Gasteiger partial charge in [-0.2, -0.15) is 0 Å². The van der Waals surface area contributed by atoms with Crippen molar-refractivity contribution in [3.8, 4) is 22.3 Å². The SMILES string of the molecule is CCCCCCc1ccc(-c2ccc(-c3ccc(CCCCC)nc3)cc2F)cc1. The lowest BCUT2D eigenvalue weighted by Gasteiger charge is -2.09. The van der Waals surface area contributed by atoms with Crippen LogP contribution in [0.15, 0.2) is 60.8 Å². The highest BCUT2D eigenvalue weighted by Gasteiger charge is 2.08. The van der Waals surface area contributed by atoms with E-state index in [1.807, 2.05) is 30.5 Å². The summed E-state index contributed by atoms with van der Waals surface area (Å²) in [6, 6.07) is 18.0. The molecule has 0 aliphatic heterocycles. The van der Waals surface area contributed by atoms with E-state index in [-0.39, 0.29) is 5.82 Å². The van der Waals surface area contributed by atoms with Crippen molar-refractivity contribution in [1.82, 2.24) is 4.98 Å². The van der Waals surface area contributed by atoms with Gasteiger partial charge in [-0.15, -0.1) is 0 Å². The van der Waals surface area contributed by atoms with Crippen LogP contribution < -0.4 is 0 Å². The molecule has 0 aliphatic carbocycles. The van der Waals surface area contributed by atoms with Gasteiger partial charge in [0.05, 0.1) is 0 Å². The van der Waals surface area contributed by atoms with Crippen molar-refractivity contribution in [1.29, 1.82) is 0 Å². The van der Waals surface area contributed by atoms with Gasteiger partial charge in [0.15, 0.2) is 0 Å². The Morgan fingerprint density at radius 2 is 1.33 bits per heavy atom. The fraction of sp³-hybridized carbons (Fsp3) is 0.393. The van der Waals surface area contributed by atoms with Gasteiger partial charge in [0.1, 0.15) is 5.82 Å². The minimum absolute atomic E-state index is 0.185. The number of unbranched alkanes of at least 4 members (excludes halogenated alkanes) is 5. The topological polar surface area (TPSA) is 12.9 Å². The van der Waals surface area contributed by atoms with Gasteiger partial charge in [-0.25, -0.2) is 4.39 Å². The number of hydrogen-bond acceptors (Lipinski definition) is 1. The Bertz CT molecular complexity index is 897. The molecule has 0 fully saturated rings. The fourth-order valence-corrected chi connectivity index (χ4v) is 3.83. The summed E-state index contributed by atoms with van der Waals surface area (Å²) in [4.78, 5) is 4.56. The van der Waals surface area contributed by atoms with Crippen LogP contribution in [0.3, 0.4) is 0 Å². The van der Waals surface area contributed by atoms with E-state index in [1.54, 1.807) is 6.07 Å². The predicted molar refractivity (Wildman–Crippen MR) is 126 cm³/mol. The Labute approximate surface area is 181 Å². The number of hydrogen-bond donors (Lipinski definition) is 0. The Morgan fingerprint density at radius 3 is 2.00 bits per heavy atom. The third-order valence-electron chi connectivity index (χ3n) is 5.75. The van der Waals surface area contributed by atoms with Gasteiger partial charge in [0.25, 0.3) is 0 Å². The maximum absolute atomic E-state index is 14.9. The first-order valence-electron chi connectivity index (χ1n) is 11.6. The number of rotatable bonds is 11. The van der Waals surface area contributed by atoms with Crippen LogP contribution in [0.1, 0.15) is 70.1 Å². The molecule has 1 heterocycles. The number of benzene rings is 2. The van der Waals surface area contributed by atoms with E-state index in [0.717, 1.165) is 35.2 Å². The molecule has 158 valence electrons. The summed E-state index contributed by atoms with van der Waals surface area (Å²) < 4.78 is 14.9. The van der Waals surface area contributed by atoms with Crippen molar-refractivity contribution in [3.05, 3.63) is 77.9 Å². The zero-order valence-electron chi connectivity index (χ0n) is 18.5. The van der Waals surface area contributed by atoms with Crippen LogP contribution in [-0.4, -0.2) is 4.98 Å². The van der Waals surface area contributed by atoms with Crippen molar-refractivity contribution in [2.24, 2.45) is 0 Å². The van der Waals surface area contributed by atoms with Crippen LogP contribution in [0.2, 0.25) is 0 Å². The molecule has 0 bridgehead atoms. The highest BCUT2D eigenvalue weighted by atomic mass is 19.1. The van der Waals surface area contributed by atoms with Crippen molar-refractivity contribution < 1.29 is 4.39 Å². The zero-order valence-corrected chi connectivity index (χ0v) is 18.5. The zero-order chi connectivity index (χ0) is 21.2. The van der Waals surface area contributed by atoms with Crippen molar-refractivity contribution in [2.45, 2.75) is 71.6 Å². The van der Waals surface area contributed by atoms with Gasteiger partial charge in [-0.05, 0) is 54.5 Å². The van der Waals surface area contributed by atoms with E-state index in [1.165, 1.54) is 50.5 Å². The maximum atomic E-state index is 14.9. The van der Waals surface area contributed by atoms with Gasteiger partial charge in [0.2, 0.25) is 0 Å². The molecule has 2 aromatic carbocycles. The van der Waals surface area contributed by atoms with Crippen LogP contribution in [-0.2, 0) is 12.8 Å². The fourth-order valence-electron chi connectivity index (χ4n) is 3.83. The highest BCUT2D eigenvalue weighted by Crippen LogP contribution is 2.28. The van der Waals surface area contributed by atoms with Crippen LogP contribution >= 0.6 is 0 Å². The second-order valence-electron chi connectivity index (χ2n) is 8.20. The average molecular weight is 404 g/mol. The van der Waals surface area contributed by atoms with Crippen LogP contribution in [0.4, 0.5) is 4.39 Å². The van der Waals surface area contributed by atoms with Crippen LogP contribution in [0, 0.1) is 5.82 Å². The molecule has 2 heteroatoms. The van der Waals surface area contributed by atoms with Crippen LogP contribution in [0.25, 0.3) is 22.3 Å². The lowest BCUT2D eigenvalue weighted by Crippen LogP contribution is -1.92. The summed E-state index contributed by atoms with van der Waals surface area (Å²) in [6.07, 6.45) is 12.7. The van der Waals surface area contributed by atoms with E-state index < -0.39 is 0 Å². The summed E-state index contributed by atoms with van der Waals surface area (Å²) in [5, 5.41) is 0. The average Bonchev–Trinajstić information content (AvgIpc) is 2.78. The summed E-state index contributed by atoms with van der Waals surface area (Å²) >= 11 is 0. The third kappa shape index (κ3) is 6.26. The minimum Gasteiger partial charge on any atom is -0.261 e. The number of nitrogens with zero attached hydrogens (tertiary/aromatic N) is 1. The molecule has 3 rings (SSSR count). The lowest BCUT2D eigenvalue weighted by molar-refractivity contribution is 0.632. The number of pyridine rings is 1. The summed E-state index contributed by atoms with van der Waals surface area (Å²) in [7, 11) is 0. The number of halogens is 1. The lowest BCUT2D eigenvalue weighted by atomic mass is 9.98. The molecule has 0 unspecified atom stereocenters. The van der Waals surface area contributed by atoms with Crippen LogP contribution in [0.5, 0.6) is 0 Å². The smallest absolute Gasteiger partial charge is 0.131 e. The molecule has 0 aliphatic rings. The molecule has 3 aromatic rings. The Hall–Kier alpha value is -2.48. The third-order valence-corrected chi connectivity index (χ3v) is 5.75. The summed E-state index contributed by atoms with van der Waals surface area (Å²) in [5.41, 5.74) is 5.86. The summed E-state index contributed by atoms with van der Waals surface area (Å²) in [5.74, 6) is -0.185. The maximum Gasteiger partial charge on any atom is 0.131 e. The molecule has 0 amide bonds. The molecule has 0 radical (unpaired) electrons. The van der Waals surface area contributed by atoms with E-state index in [9.17, 15) is 4.39 Å². The highest BCUT2D eigenvalue weighted by molar-refractivity contribution is 5.70. The minimum atomic E-state index is -0.185. The second-order valence-corrected chi connectivity index (χ2v) is 8.20. The first-order valence-corrected chi connectivity index (χ1v) is 11.6. The van der Waals surface area contributed by atoms with Crippen molar-refractivity contribution in [3.63, 3.8) is 0 Å². The number of aryl methyl sites for hydroxylation is 2. The molecule has 0 N–H and O–H groups in total. The molecule has 0 spiro atoms. The van der Waals surface area contributed by atoms with Gasteiger partial charge < -0.3 is 0 Å². The van der Waals surface area contributed by atoms with E-state index >= 15 is 0 Å². The van der Waals surface area contributed by atoms with Gasteiger partial charge in [-0.3, -0.25) is 4.98 Å². The van der Waals surface area contributed by atoms with E-state index in [2.05, 4.69) is 43.1 Å². The van der Waals surface area contributed by atoms with Crippen molar-refractivity contribution >= 4 is 0 Å². The largest absolute Gasteiger partial charge is 0.261 e. The molecule has 1 aromatic heterocycles. The van der Waals surface area contributed by atoms with Gasteiger partial charge in [0, 0.05) is 23.0 Å². The summed E-state index contributed by atoms with van der Waals surface area (Å²) in [6.45, 7) is 4.44. The second kappa shape index (κ2) is 11.6. The first kappa shape index (κ1) is 22.2. The Kier molecular flexibility index (Phi) is 8.62. The predicted octanol–water partition coefficient (Wildman–Crippen LogP) is 8.41. The standard InChI is InChI=1S/C28H34FN/c1-3-5-7-9-10-22-12-14-23(15-13-22)27-19-17-24(20-28(27)29)25-16-18-26(30-21-25)11-8-6-4-2/h12-21H,3-11H2,1-2H3. The molecule has 1 nitrogen and oxygen atoms in total. The van der Waals surface area contributed by atoms with Gasteiger partial charge >= 0.3 is 0 Å². The normalized spacial score (nSPS) is 11.0. The Balaban J connectivity index is 1.66. The number of aromatic nitrogens is 1. The molecule has 0 saturated heterocycles. The van der Waals surface area contributed by atoms with Crippen molar-refractivity contribution in [2.75, 3.05) is 0 Å². The molecular formula is C28H34FN. The molecular weight excluding hydrogens is 369 g/mol. The molecule has 0 saturated carbocycles. The van der Waals surface area contributed by atoms with E-state index in [0.29, 0.717) is 5.56 Å². The molecule has 30 heavy (non-hydrogen) atoms.